The lowest BCUT2D eigenvalue weighted by molar-refractivity contribution is 0.448. The third kappa shape index (κ3) is 2.60. The van der Waals surface area contributed by atoms with Crippen molar-refractivity contribution in [3.8, 4) is 0 Å². The molecular weight excluding hydrogens is 267 g/mol. The van der Waals surface area contributed by atoms with E-state index in [1.807, 2.05) is 6.92 Å². The number of nitrogen functional groups attached to an aromatic ring is 1. The van der Waals surface area contributed by atoms with Crippen LogP contribution in [0.15, 0.2) is 17.0 Å². The Kier molecular flexibility index (Phi) is 3.82. The van der Waals surface area contributed by atoms with Gasteiger partial charge in [-0.2, -0.15) is 4.31 Å². The monoisotopic (exact) mass is 286 g/mol. The van der Waals surface area contributed by atoms with Crippen LogP contribution in [-0.2, 0) is 10.0 Å². The van der Waals surface area contributed by atoms with Crippen molar-refractivity contribution in [1.82, 2.24) is 4.31 Å². The van der Waals surface area contributed by atoms with Gasteiger partial charge in [0.2, 0.25) is 10.0 Å². The van der Waals surface area contributed by atoms with Gasteiger partial charge in [0, 0.05) is 18.8 Å². The van der Waals surface area contributed by atoms with E-state index in [0.29, 0.717) is 30.3 Å². The fourth-order valence-corrected chi connectivity index (χ4v) is 3.97. The molecule has 1 unspecified atom stereocenters. The van der Waals surface area contributed by atoms with Gasteiger partial charge in [0.1, 0.15) is 10.7 Å². The SMILES string of the molecule is CCC1CCN(S(=O)(=O)c2cc(N)c(C)cc2F)C1. The smallest absolute Gasteiger partial charge is 0.246 e. The predicted octanol–water partition coefficient (Wildman–Crippen LogP) is 2.14. The van der Waals surface area contributed by atoms with Gasteiger partial charge in [-0.05, 0) is 37.0 Å². The standard InChI is InChI=1S/C13H19FN2O2S/c1-3-10-4-5-16(8-10)19(17,18)13-7-12(15)9(2)6-11(13)14/h6-7,10H,3-5,8,15H2,1-2H3. The van der Waals surface area contributed by atoms with Crippen LogP contribution < -0.4 is 5.73 Å². The molecule has 1 atom stereocenters. The van der Waals surface area contributed by atoms with Crippen molar-refractivity contribution < 1.29 is 12.8 Å². The van der Waals surface area contributed by atoms with E-state index in [9.17, 15) is 12.8 Å². The lowest BCUT2D eigenvalue weighted by atomic mass is 10.1. The fourth-order valence-electron chi connectivity index (χ4n) is 2.35. The Bertz CT molecular complexity index is 587. The number of nitrogens with two attached hydrogens (primary N) is 1. The van der Waals surface area contributed by atoms with Crippen LogP contribution in [0.1, 0.15) is 25.3 Å². The van der Waals surface area contributed by atoms with Crippen LogP contribution in [0.4, 0.5) is 10.1 Å². The molecular formula is C13H19FN2O2S. The number of hydrogen-bond donors (Lipinski definition) is 1. The van der Waals surface area contributed by atoms with Gasteiger partial charge in [0.05, 0.1) is 0 Å². The summed E-state index contributed by atoms with van der Waals surface area (Å²) >= 11 is 0. The molecule has 0 spiro atoms. The second-order valence-corrected chi connectivity index (χ2v) is 6.97. The van der Waals surface area contributed by atoms with E-state index in [1.54, 1.807) is 6.92 Å². The lowest BCUT2D eigenvalue weighted by Crippen LogP contribution is -2.29. The second kappa shape index (κ2) is 5.09. The minimum absolute atomic E-state index is 0.297. The average Bonchev–Trinajstić information content (AvgIpc) is 2.83. The minimum Gasteiger partial charge on any atom is -0.398 e. The van der Waals surface area contributed by atoms with Crippen molar-refractivity contribution in [2.75, 3.05) is 18.8 Å². The van der Waals surface area contributed by atoms with Crippen molar-refractivity contribution in [2.45, 2.75) is 31.6 Å². The number of hydrogen-bond acceptors (Lipinski definition) is 3. The average molecular weight is 286 g/mol. The Morgan fingerprint density at radius 2 is 2.16 bits per heavy atom. The maximum atomic E-state index is 13.9. The predicted molar refractivity (Wildman–Crippen MR) is 72.7 cm³/mol. The van der Waals surface area contributed by atoms with E-state index in [0.717, 1.165) is 12.8 Å². The molecule has 0 aliphatic carbocycles. The molecule has 0 amide bonds. The number of nitrogens with zero attached hydrogens (tertiary/aromatic N) is 1. The highest BCUT2D eigenvalue weighted by Crippen LogP contribution is 2.29. The van der Waals surface area contributed by atoms with Gasteiger partial charge in [-0.15, -0.1) is 0 Å². The van der Waals surface area contributed by atoms with E-state index in [1.165, 1.54) is 16.4 Å². The van der Waals surface area contributed by atoms with Gasteiger partial charge in [-0.25, -0.2) is 12.8 Å². The highest BCUT2D eigenvalue weighted by Gasteiger charge is 2.33. The van der Waals surface area contributed by atoms with Crippen molar-refractivity contribution in [2.24, 2.45) is 5.92 Å². The van der Waals surface area contributed by atoms with Gasteiger partial charge < -0.3 is 5.73 Å². The van der Waals surface area contributed by atoms with Crippen molar-refractivity contribution >= 4 is 15.7 Å². The summed E-state index contributed by atoms with van der Waals surface area (Å²) in [5.74, 6) is -0.368. The van der Waals surface area contributed by atoms with Crippen LogP contribution in [0.3, 0.4) is 0 Å². The Morgan fingerprint density at radius 3 is 2.74 bits per heavy atom. The Morgan fingerprint density at radius 1 is 1.47 bits per heavy atom. The first-order valence-corrected chi connectivity index (χ1v) is 7.86. The molecule has 1 aliphatic heterocycles. The number of benzene rings is 1. The zero-order chi connectivity index (χ0) is 14.2. The van der Waals surface area contributed by atoms with Crippen molar-refractivity contribution in [1.29, 1.82) is 0 Å². The fraction of sp³-hybridized carbons (Fsp3) is 0.538. The maximum absolute atomic E-state index is 13.9. The zero-order valence-electron chi connectivity index (χ0n) is 11.2. The van der Waals surface area contributed by atoms with E-state index >= 15 is 0 Å². The van der Waals surface area contributed by atoms with Gasteiger partial charge in [-0.3, -0.25) is 0 Å². The molecule has 1 heterocycles. The van der Waals surface area contributed by atoms with E-state index in [4.69, 9.17) is 5.73 Å². The molecule has 0 radical (unpaired) electrons. The molecule has 19 heavy (non-hydrogen) atoms. The molecule has 1 aromatic carbocycles. The highest BCUT2D eigenvalue weighted by atomic mass is 32.2. The highest BCUT2D eigenvalue weighted by molar-refractivity contribution is 7.89. The molecule has 106 valence electrons. The minimum atomic E-state index is -3.77. The summed E-state index contributed by atoms with van der Waals surface area (Å²) in [4.78, 5) is -0.313. The van der Waals surface area contributed by atoms with E-state index in [2.05, 4.69) is 0 Å². The summed E-state index contributed by atoms with van der Waals surface area (Å²) < 4.78 is 40.1. The molecule has 4 nitrogen and oxygen atoms in total. The van der Waals surface area contributed by atoms with E-state index < -0.39 is 15.8 Å². The molecule has 1 saturated heterocycles. The van der Waals surface area contributed by atoms with Crippen LogP contribution in [0.2, 0.25) is 0 Å². The normalized spacial score (nSPS) is 20.9. The number of rotatable bonds is 3. The molecule has 0 aromatic heterocycles. The lowest BCUT2D eigenvalue weighted by Gasteiger charge is -2.17. The molecule has 0 saturated carbocycles. The summed E-state index contributed by atoms with van der Waals surface area (Å²) in [6.45, 7) is 4.60. The Balaban J connectivity index is 2.38. The van der Waals surface area contributed by atoms with Gasteiger partial charge in [-0.1, -0.05) is 13.3 Å². The van der Waals surface area contributed by atoms with Crippen LogP contribution in [-0.4, -0.2) is 25.8 Å². The molecule has 0 bridgehead atoms. The number of anilines is 1. The summed E-state index contributed by atoms with van der Waals surface area (Å²) in [5.41, 5.74) is 6.53. The largest absolute Gasteiger partial charge is 0.398 e. The molecule has 2 rings (SSSR count). The van der Waals surface area contributed by atoms with E-state index in [-0.39, 0.29) is 4.90 Å². The maximum Gasteiger partial charge on any atom is 0.246 e. The quantitative estimate of drug-likeness (QED) is 0.866. The molecule has 1 aromatic rings. The van der Waals surface area contributed by atoms with Crippen molar-refractivity contribution in [3.63, 3.8) is 0 Å². The summed E-state index contributed by atoms with van der Waals surface area (Å²) in [6, 6.07) is 2.40. The molecule has 2 N–H and O–H groups in total. The zero-order valence-corrected chi connectivity index (χ0v) is 12.0. The number of halogens is 1. The summed E-state index contributed by atoms with van der Waals surface area (Å²) in [7, 11) is -3.77. The molecule has 1 fully saturated rings. The first kappa shape index (κ1) is 14.3. The number of sulfonamides is 1. The van der Waals surface area contributed by atoms with Crippen molar-refractivity contribution in [3.05, 3.63) is 23.5 Å². The van der Waals surface area contributed by atoms with Crippen LogP contribution in [0, 0.1) is 18.7 Å². The third-order valence-corrected chi connectivity index (χ3v) is 5.64. The van der Waals surface area contributed by atoms with Crippen LogP contribution in [0.5, 0.6) is 0 Å². The van der Waals surface area contributed by atoms with Gasteiger partial charge in [0.15, 0.2) is 0 Å². The first-order valence-electron chi connectivity index (χ1n) is 6.42. The Labute approximate surface area is 113 Å². The summed E-state index contributed by atoms with van der Waals surface area (Å²) in [5, 5.41) is 0. The van der Waals surface area contributed by atoms with Crippen LogP contribution in [0.25, 0.3) is 0 Å². The van der Waals surface area contributed by atoms with Gasteiger partial charge >= 0.3 is 0 Å². The topological polar surface area (TPSA) is 63.4 Å². The first-order chi connectivity index (χ1) is 8.86. The number of aryl methyl sites for hydroxylation is 1. The van der Waals surface area contributed by atoms with Gasteiger partial charge in [0.25, 0.3) is 0 Å². The summed E-state index contributed by atoms with van der Waals surface area (Å²) in [6.07, 6.45) is 1.77. The second-order valence-electron chi connectivity index (χ2n) is 5.07. The molecule has 6 heteroatoms. The Hall–Kier alpha value is -1.14. The van der Waals surface area contributed by atoms with Crippen LogP contribution >= 0.6 is 0 Å². The third-order valence-electron chi connectivity index (χ3n) is 3.76. The molecule has 1 aliphatic rings.